The van der Waals surface area contributed by atoms with E-state index < -0.39 is 5.97 Å². The van der Waals surface area contributed by atoms with Crippen LogP contribution in [0.15, 0.2) is 6.07 Å². The summed E-state index contributed by atoms with van der Waals surface area (Å²) in [5.74, 6) is -1.17. The standard InChI is InChI=1S/C15H23NO4S/c1-4-8-16(9-7-13(17)18)14-12(15(19)20-6-3)10-11(5-2)21-14/h10H,4-9H2,1-3H3,(H,17,18). The summed E-state index contributed by atoms with van der Waals surface area (Å²) in [5.41, 5.74) is 0.553. The molecule has 0 bridgehead atoms. The molecule has 1 heterocycles. The van der Waals surface area contributed by atoms with E-state index in [2.05, 4.69) is 0 Å². The summed E-state index contributed by atoms with van der Waals surface area (Å²) in [4.78, 5) is 26.0. The summed E-state index contributed by atoms with van der Waals surface area (Å²) in [6.45, 7) is 7.30. The molecular weight excluding hydrogens is 290 g/mol. The first kappa shape index (κ1) is 17.5. The third-order valence-corrected chi connectivity index (χ3v) is 4.32. The van der Waals surface area contributed by atoms with Gasteiger partial charge >= 0.3 is 11.9 Å². The predicted molar refractivity (Wildman–Crippen MR) is 84.4 cm³/mol. The molecule has 0 aliphatic carbocycles. The molecule has 0 saturated carbocycles. The third-order valence-electron chi connectivity index (χ3n) is 2.98. The van der Waals surface area contributed by atoms with Gasteiger partial charge in [0, 0.05) is 18.0 Å². The molecule has 0 unspecified atom stereocenters. The highest BCUT2D eigenvalue weighted by Crippen LogP contribution is 2.33. The maximum absolute atomic E-state index is 12.1. The van der Waals surface area contributed by atoms with E-state index in [0.29, 0.717) is 18.7 Å². The van der Waals surface area contributed by atoms with Crippen molar-refractivity contribution >= 4 is 28.3 Å². The van der Waals surface area contributed by atoms with Crippen LogP contribution >= 0.6 is 11.3 Å². The number of hydrogen-bond donors (Lipinski definition) is 1. The molecule has 0 aliphatic rings. The number of aliphatic carboxylic acids is 1. The molecule has 1 aromatic rings. The minimum Gasteiger partial charge on any atom is -0.481 e. The number of ether oxygens (including phenoxy) is 1. The molecule has 0 saturated heterocycles. The van der Waals surface area contributed by atoms with Crippen molar-refractivity contribution in [2.24, 2.45) is 0 Å². The molecule has 0 radical (unpaired) electrons. The Morgan fingerprint density at radius 3 is 2.52 bits per heavy atom. The van der Waals surface area contributed by atoms with E-state index in [0.717, 1.165) is 29.3 Å². The Hall–Kier alpha value is -1.56. The lowest BCUT2D eigenvalue weighted by molar-refractivity contribution is -0.136. The van der Waals surface area contributed by atoms with Gasteiger partial charge in [0.15, 0.2) is 0 Å². The Balaban J connectivity index is 3.06. The van der Waals surface area contributed by atoms with Gasteiger partial charge in [-0.1, -0.05) is 13.8 Å². The molecule has 0 aliphatic heterocycles. The normalized spacial score (nSPS) is 10.4. The van der Waals surface area contributed by atoms with Gasteiger partial charge in [-0.3, -0.25) is 4.79 Å². The summed E-state index contributed by atoms with van der Waals surface area (Å²) >= 11 is 1.55. The van der Waals surface area contributed by atoms with Gasteiger partial charge in [0.1, 0.15) is 5.00 Å². The second kappa shape index (κ2) is 8.67. The van der Waals surface area contributed by atoms with Crippen molar-refractivity contribution in [3.63, 3.8) is 0 Å². The number of esters is 1. The second-order valence-corrected chi connectivity index (χ2v) is 5.75. The van der Waals surface area contributed by atoms with Crippen molar-refractivity contribution in [3.05, 3.63) is 16.5 Å². The zero-order valence-electron chi connectivity index (χ0n) is 12.8. The number of hydrogen-bond acceptors (Lipinski definition) is 5. The zero-order chi connectivity index (χ0) is 15.8. The summed E-state index contributed by atoms with van der Waals surface area (Å²) in [6, 6.07) is 1.86. The summed E-state index contributed by atoms with van der Waals surface area (Å²) in [5, 5.41) is 9.70. The molecule has 1 N–H and O–H groups in total. The number of anilines is 1. The molecular formula is C15H23NO4S. The number of thiophene rings is 1. The van der Waals surface area contributed by atoms with Gasteiger partial charge in [0.05, 0.1) is 18.6 Å². The molecule has 0 atom stereocenters. The van der Waals surface area contributed by atoms with Crippen LogP contribution in [0.1, 0.15) is 48.8 Å². The first-order chi connectivity index (χ1) is 10.0. The van der Waals surface area contributed by atoms with E-state index in [1.165, 1.54) is 0 Å². The Morgan fingerprint density at radius 2 is 2.00 bits per heavy atom. The monoisotopic (exact) mass is 313 g/mol. The smallest absolute Gasteiger partial charge is 0.341 e. The van der Waals surface area contributed by atoms with Crippen LogP contribution in [-0.4, -0.2) is 36.7 Å². The van der Waals surface area contributed by atoms with E-state index in [9.17, 15) is 9.59 Å². The predicted octanol–water partition coefficient (Wildman–Crippen LogP) is 3.18. The van der Waals surface area contributed by atoms with Crippen LogP contribution in [0.4, 0.5) is 5.00 Å². The molecule has 0 fully saturated rings. The van der Waals surface area contributed by atoms with Crippen molar-refractivity contribution in [3.8, 4) is 0 Å². The topological polar surface area (TPSA) is 66.8 Å². The number of rotatable bonds is 9. The van der Waals surface area contributed by atoms with Crippen LogP contribution in [0.2, 0.25) is 0 Å². The molecule has 0 amide bonds. The largest absolute Gasteiger partial charge is 0.481 e. The molecule has 1 rings (SSSR count). The highest BCUT2D eigenvalue weighted by atomic mass is 32.1. The van der Waals surface area contributed by atoms with E-state index in [1.807, 2.05) is 24.8 Å². The Bertz CT molecular complexity index is 484. The maximum atomic E-state index is 12.1. The average Bonchev–Trinajstić information content (AvgIpc) is 2.87. The average molecular weight is 313 g/mol. The van der Waals surface area contributed by atoms with Crippen molar-refractivity contribution in [1.82, 2.24) is 0 Å². The lowest BCUT2D eigenvalue weighted by Gasteiger charge is -2.23. The van der Waals surface area contributed by atoms with E-state index in [-0.39, 0.29) is 12.4 Å². The Morgan fingerprint density at radius 1 is 1.29 bits per heavy atom. The lowest BCUT2D eigenvalue weighted by Crippen LogP contribution is -2.27. The van der Waals surface area contributed by atoms with Crippen molar-refractivity contribution in [1.29, 1.82) is 0 Å². The number of carbonyl (C=O) groups is 2. The summed E-state index contributed by atoms with van der Waals surface area (Å²) in [6.07, 6.45) is 1.79. The summed E-state index contributed by atoms with van der Waals surface area (Å²) in [7, 11) is 0. The molecule has 21 heavy (non-hydrogen) atoms. The number of nitrogens with zero attached hydrogens (tertiary/aromatic N) is 1. The van der Waals surface area contributed by atoms with Crippen LogP contribution in [0.5, 0.6) is 0 Å². The third kappa shape index (κ3) is 5.04. The van der Waals surface area contributed by atoms with Gasteiger partial charge in [-0.25, -0.2) is 4.79 Å². The van der Waals surface area contributed by atoms with E-state index >= 15 is 0 Å². The van der Waals surface area contributed by atoms with Crippen LogP contribution in [0, 0.1) is 0 Å². The van der Waals surface area contributed by atoms with Gasteiger partial charge in [-0.2, -0.15) is 0 Å². The van der Waals surface area contributed by atoms with Crippen LogP contribution < -0.4 is 4.90 Å². The Labute approximate surface area is 129 Å². The van der Waals surface area contributed by atoms with Gasteiger partial charge < -0.3 is 14.7 Å². The van der Waals surface area contributed by atoms with Crippen LogP contribution in [-0.2, 0) is 16.0 Å². The fraction of sp³-hybridized carbons (Fsp3) is 0.600. The highest BCUT2D eigenvalue weighted by Gasteiger charge is 2.21. The number of carboxylic acids is 1. The fourth-order valence-corrected chi connectivity index (χ4v) is 3.14. The number of carbonyl (C=O) groups excluding carboxylic acids is 1. The van der Waals surface area contributed by atoms with Crippen molar-refractivity contribution in [2.75, 3.05) is 24.6 Å². The quantitative estimate of drug-likeness (QED) is 0.709. The molecule has 118 valence electrons. The maximum Gasteiger partial charge on any atom is 0.341 e. The number of aryl methyl sites for hydroxylation is 1. The van der Waals surface area contributed by atoms with E-state index in [4.69, 9.17) is 9.84 Å². The molecule has 6 heteroatoms. The number of carboxylic acid groups (broad SMARTS) is 1. The first-order valence-corrected chi connectivity index (χ1v) is 8.11. The van der Waals surface area contributed by atoms with Gasteiger partial charge in [-0.15, -0.1) is 11.3 Å². The van der Waals surface area contributed by atoms with Crippen LogP contribution in [0.3, 0.4) is 0 Å². The van der Waals surface area contributed by atoms with E-state index in [1.54, 1.807) is 18.3 Å². The second-order valence-electron chi connectivity index (χ2n) is 4.64. The minimum absolute atomic E-state index is 0.0572. The summed E-state index contributed by atoms with van der Waals surface area (Å²) < 4.78 is 5.11. The van der Waals surface area contributed by atoms with Crippen molar-refractivity contribution < 1.29 is 19.4 Å². The zero-order valence-corrected chi connectivity index (χ0v) is 13.7. The lowest BCUT2D eigenvalue weighted by atomic mass is 10.2. The SMILES string of the molecule is CCCN(CCC(=O)O)c1sc(CC)cc1C(=O)OCC. The van der Waals surface area contributed by atoms with Gasteiger partial charge in [0.2, 0.25) is 0 Å². The molecule has 5 nitrogen and oxygen atoms in total. The highest BCUT2D eigenvalue weighted by molar-refractivity contribution is 7.16. The molecule has 0 spiro atoms. The van der Waals surface area contributed by atoms with Gasteiger partial charge in [-0.05, 0) is 25.8 Å². The Kier molecular flexibility index (Phi) is 7.22. The van der Waals surface area contributed by atoms with Crippen molar-refractivity contribution in [2.45, 2.75) is 40.0 Å². The van der Waals surface area contributed by atoms with Crippen LogP contribution in [0.25, 0.3) is 0 Å². The molecule has 0 aromatic carbocycles. The fourth-order valence-electron chi connectivity index (χ4n) is 2.01. The minimum atomic E-state index is -0.832. The first-order valence-electron chi connectivity index (χ1n) is 7.29. The molecule has 1 aromatic heterocycles. The van der Waals surface area contributed by atoms with Gasteiger partial charge in [0.25, 0.3) is 0 Å².